The Morgan fingerprint density at radius 2 is 1.66 bits per heavy atom. The van der Waals surface area contributed by atoms with E-state index < -0.39 is 22.0 Å². The van der Waals surface area contributed by atoms with Crippen molar-refractivity contribution in [1.29, 1.82) is 0 Å². The smallest absolute Gasteiger partial charge is 0.247 e. The van der Waals surface area contributed by atoms with Gasteiger partial charge in [-0.15, -0.1) is 0 Å². The fraction of sp³-hybridized carbons (Fsp3) is 0.409. The van der Waals surface area contributed by atoms with Gasteiger partial charge in [-0.25, -0.2) is 8.42 Å². The average molecular weight is 462 g/mol. The highest BCUT2D eigenvalue weighted by molar-refractivity contribution is 7.92. The number of benzene rings is 2. The average Bonchev–Trinajstić information content (AvgIpc) is 2.79. The molecule has 0 aliphatic carbocycles. The number of sulfonamides is 1. The summed E-state index contributed by atoms with van der Waals surface area (Å²) in [5.41, 5.74) is 1.98. The monoisotopic (exact) mass is 461 g/mol. The molecule has 0 saturated carbocycles. The first-order chi connectivity index (χ1) is 15.3. The molecule has 2 aliphatic rings. The number of carbonyl (C=O) groups excluding carboxylic acids is 1. The Balaban J connectivity index is 1.50. The fourth-order valence-electron chi connectivity index (χ4n) is 3.80. The molecule has 1 saturated heterocycles. The Labute approximate surface area is 187 Å². The Kier molecular flexibility index (Phi) is 6.43. The Bertz CT molecular complexity index is 1070. The van der Waals surface area contributed by atoms with Crippen LogP contribution in [-0.2, 0) is 19.6 Å². The van der Waals surface area contributed by atoms with Gasteiger partial charge in [0.15, 0.2) is 11.5 Å². The summed E-state index contributed by atoms with van der Waals surface area (Å²) in [6, 6.07) is 11.3. The van der Waals surface area contributed by atoms with Crippen LogP contribution in [0.5, 0.6) is 11.5 Å². The van der Waals surface area contributed by atoms with Gasteiger partial charge in [0.05, 0.1) is 25.2 Å². The molecule has 2 aromatic rings. The molecule has 9 nitrogen and oxygen atoms in total. The lowest BCUT2D eigenvalue weighted by atomic mass is 10.2. The van der Waals surface area contributed by atoms with Crippen LogP contribution in [0.3, 0.4) is 0 Å². The minimum Gasteiger partial charge on any atom is -0.486 e. The molecule has 1 amide bonds. The minimum atomic E-state index is -3.74. The normalized spacial score (nSPS) is 16.9. The van der Waals surface area contributed by atoms with Crippen LogP contribution in [0.15, 0.2) is 42.5 Å². The van der Waals surface area contributed by atoms with Gasteiger partial charge >= 0.3 is 0 Å². The first-order valence-electron chi connectivity index (χ1n) is 10.5. The molecular weight excluding hydrogens is 434 g/mol. The fourth-order valence-corrected chi connectivity index (χ4v) is 4.97. The van der Waals surface area contributed by atoms with Crippen molar-refractivity contribution in [2.75, 3.05) is 60.3 Å². The van der Waals surface area contributed by atoms with Gasteiger partial charge in [-0.2, -0.15) is 0 Å². The summed E-state index contributed by atoms with van der Waals surface area (Å²) in [6.07, 6.45) is 1.07. The van der Waals surface area contributed by atoms with Crippen LogP contribution in [0.25, 0.3) is 0 Å². The van der Waals surface area contributed by atoms with Crippen LogP contribution in [0.4, 0.5) is 17.1 Å². The maximum absolute atomic E-state index is 12.9. The van der Waals surface area contributed by atoms with E-state index in [0.29, 0.717) is 49.3 Å². The quantitative estimate of drug-likeness (QED) is 0.704. The number of hydrogen-bond acceptors (Lipinski definition) is 7. The highest BCUT2D eigenvalue weighted by Crippen LogP contribution is 2.35. The number of amides is 1. The van der Waals surface area contributed by atoms with Crippen LogP contribution in [0.1, 0.15) is 6.92 Å². The first kappa shape index (κ1) is 22.2. The van der Waals surface area contributed by atoms with Crippen LogP contribution in [0, 0.1) is 0 Å². The van der Waals surface area contributed by atoms with Crippen LogP contribution >= 0.6 is 0 Å². The second kappa shape index (κ2) is 9.25. The summed E-state index contributed by atoms with van der Waals surface area (Å²) in [7, 11) is -3.74. The number of fused-ring (bicyclic) bond motifs is 1. The zero-order valence-corrected chi connectivity index (χ0v) is 18.9. The topological polar surface area (TPSA) is 97.4 Å². The molecule has 2 aliphatic heterocycles. The van der Waals surface area contributed by atoms with E-state index in [1.807, 2.05) is 24.3 Å². The first-order valence-corrected chi connectivity index (χ1v) is 12.3. The summed E-state index contributed by atoms with van der Waals surface area (Å²) in [5.74, 6) is 0.559. The van der Waals surface area contributed by atoms with Crippen molar-refractivity contribution >= 4 is 33.0 Å². The molecule has 2 aromatic carbocycles. The molecule has 4 rings (SSSR count). The number of rotatable bonds is 6. The van der Waals surface area contributed by atoms with Gasteiger partial charge in [0.25, 0.3) is 0 Å². The van der Waals surface area contributed by atoms with E-state index in [9.17, 15) is 13.2 Å². The molecule has 172 valence electrons. The molecule has 0 radical (unpaired) electrons. The number of hydrogen-bond donors (Lipinski definition) is 1. The van der Waals surface area contributed by atoms with Gasteiger partial charge in [-0.05, 0) is 43.3 Å². The van der Waals surface area contributed by atoms with Gasteiger partial charge in [0.2, 0.25) is 15.9 Å². The highest BCUT2D eigenvalue weighted by atomic mass is 32.2. The second-order valence-corrected chi connectivity index (χ2v) is 9.56. The zero-order chi connectivity index (χ0) is 22.7. The molecule has 2 heterocycles. The zero-order valence-electron chi connectivity index (χ0n) is 18.1. The molecule has 0 bridgehead atoms. The number of nitrogens with zero attached hydrogens (tertiary/aromatic N) is 2. The third-order valence-electron chi connectivity index (χ3n) is 5.38. The van der Waals surface area contributed by atoms with Crippen molar-refractivity contribution in [3.8, 4) is 11.5 Å². The molecule has 10 heteroatoms. The van der Waals surface area contributed by atoms with Crippen molar-refractivity contribution in [3.05, 3.63) is 42.5 Å². The van der Waals surface area contributed by atoms with Crippen LogP contribution < -0.4 is 24.0 Å². The predicted octanol–water partition coefficient (Wildman–Crippen LogP) is 2.09. The summed E-state index contributed by atoms with van der Waals surface area (Å²) in [6.45, 7) is 5.39. The van der Waals surface area contributed by atoms with Gasteiger partial charge in [0, 0.05) is 30.5 Å². The van der Waals surface area contributed by atoms with Crippen molar-refractivity contribution in [2.24, 2.45) is 0 Å². The summed E-state index contributed by atoms with van der Waals surface area (Å²) in [4.78, 5) is 15.2. The Morgan fingerprint density at radius 1 is 1.00 bits per heavy atom. The predicted molar refractivity (Wildman–Crippen MR) is 122 cm³/mol. The highest BCUT2D eigenvalue weighted by Gasteiger charge is 2.30. The van der Waals surface area contributed by atoms with E-state index in [1.165, 1.54) is 0 Å². The third kappa shape index (κ3) is 4.91. The number of anilines is 3. The summed E-state index contributed by atoms with van der Waals surface area (Å²) < 4.78 is 42.7. The van der Waals surface area contributed by atoms with Gasteiger partial charge in [-0.3, -0.25) is 9.10 Å². The maximum Gasteiger partial charge on any atom is 0.247 e. The van der Waals surface area contributed by atoms with Gasteiger partial charge in [-0.1, -0.05) is 0 Å². The molecule has 0 aromatic heterocycles. The van der Waals surface area contributed by atoms with Crippen molar-refractivity contribution in [2.45, 2.75) is 13.0 Å². The second-order valence-electron chi connectivity index (χ2n) is 7.70. The number of morpholine rings is 1. The molecule has 1 N–H and O–H groups in total. The summed E-state index contributed by atoms with van der Waals surface area (Å²) >= 11 is 0. The molecule has 1 fully saturated rings. The molecule has 1 unspecified atom stereocenters. The molecule has 32 heavy (non-hydrogen) atoms. The van der Waals surface area contributed by atoms with Crippen molar-refractivity contribution in [3.63, 3.8) is 0 Å². The molecule has 0 spiro atoms. The van der Waals surface area contributed by atoms with Gasteiger partial charge < -0.3 is 24.4 Å². The lowest BCUT2D eigenvalue weighted by molar-refractivity contribution is -0.116. The van der Waals surface area contributed by atoms with E-state index in [2.05, 4.69) is 10.2 Å². The standard InChI is InChI=1S/C22H27N3O6S/c1-16(22(26)23-17-3-5-18(6-4-17)24-9-11-29-12-10-24)25(32(2,27)28)19-7-8-20-21(15-19)31-14-13-30-20/h3-8,15-16H,9-14H2,1-2H3,(H,23,26). The SMILES string of the molecule is CC(C(=O)Nc1ccc(N2CCOCC2)cc1)N(c1ccc2c(c1)OCCO2)S(C)(=O)=O. The maximum atomic E-state index is 12.9. The lowest BCUT2D eigenvalue weighted by Crippen LogP contribution is -2.45. The largest absolute Gasteiger partial charge is 0.486 e. The number of carbonyl (C=O) groups is 1. The van der Waals surface area contributed by atoms with E-state index in [0.717, 1.165) is 29.3 Å². The van der Waals surface area contributed by atoms with E-state index >= 15 is 0 Å². The van der Waals surface area contributed by atoms with Gasteiger partial charge in [0.1, 0.15) is 19.3 Å². The van der Waals surface area contributed by atoms with Crippen LogP contribution in [-0.4, -0.2) is 66.1 Å². The molecule has 1 atom stereocenters. The Hall–Kier alpha value is -2.98. The van der Waals surface area contributed by atoms with E-state index in [-0.39, 0.29) is 0 Å². The number of nitrogens with one attached hydrogen (secondary N) is 1. The van der Waals surface area contributed by atoms with Crippen molar-refractivity contribution < 1.29 is 27.4 Å². The Morgan fingerprint density at radius 3 is 2.31 bits per heavy atom. The van der Waals surface area contributed by atoms with E-state index in [1.54, 1.807) is 25.1 Å². The van der Waals surface area contributed by atoms with Crippen LogP contribution in [0.2, 0.25) is 0 Å². The van der Waals surface area contributed by atoms with Crippen molar-refractivity contribution in [1.82, 2.24) is 0 Å². The molecular formula is C22H27N3O6S. The van der Waals surface area contributed by atoms with E-state index in [4.69, 9.17) is 14.2 Å². The number of ether oxygens (including phenoxy) is 3. The summed E-state index contributed by atoms with van der Waals surface area (Å²) in [5, 5.41) is 2.81. The minimum absolute atomic E-state index is 0.335. The third-order valence-corrected chi connectivity index (χ3v) is 6.62. The lowest BCUT2D eigenvalue weighted by Gasteiger charge is -2.30.